The third-order valence-electron chi connectivity index (χ3n) is 0.902. The van der Waals surface area contributed by atoms with E-state index in [1.165, 1.54) is 17.1 Å². The van der Waals surface area contributed by atoms with Gasteiger partial charge in [0.1, 0.15) is 12.4 Å². The molecular weight excluding hydrogens is 129 g/mol. The molecule has 0 radical (unpaired) electrons. The SMILES string of the molecule is Cn1cc([N+](=O)[O-])cn1.[H-].[Li+]. The number of hydrogen-bond acceptors (Lipinski definition) is 3. The maximum atomic E-state index is 9.97. The van der Waals surface area contributed by atoms with Gasteiger partial charge < -0.3 is 1.43 Å². The number of nitro groups is 1. The van der Waals surface area contributed by atoms with Crippen LogP contribution in [0.2, 0.25) is 0 Å². The van der Waals surface area contributed by atoms with Crippen molar-refractivity contribution in [2.24, 2.45) is 7.05 Å². The van der Waals surface area contributed by atoms with Crippen LogP contribution < -0.4 is 18.9 Å². The normalized spacial score (nSPS) is 8.50. The van der Waals surface area contributed by atoms with Gasteiger partial charge in [0.15, 0.2) is 0 Å². The quantitative estimate of drug-likeness (QED) is 0.242. The van der Waals surface area contributed by atoms with Gasteiger partial charge in [-0.15, -0.1) is 0 Å². The summed E-state index contributed by atoms with van der Waals surface area (Å²) in [5.41, 5.74) is 0.0255. The smallest absolute Gasteiger partial charge is 1.00 e. The van der Waals surface area contributed by atoms with E-state index in [1.54, 1.807) is 7.05 Å². The Kier molecular flexibility index (Phi) is 3.13. The maximum absolute atomic E-state index is 9.97. The monoisotopic (exact) mass is 135 g/mol. The molecule has 0 amide bonds. The average molecular weight is 135 g/mol. The summed E-state index contributed by atoms with van der Waals surface area (Å²) < 4.78 is 1.39. The van der Waals surface area contributed by atoms with E-state index in [0.29, 0.717) is 0 Å². The molecule has 0 aliphatic rings. The van der Waals surface area contributed by atoms with Gasteiger partial charge in [0.05, 0.1) is 4.92 Å². The van der Waals surface area contributed by atoms with E-state index in [-0.39, 0.29) is 26.0 Å². The summed E-state index contributed by atoms with van der Waals surface area (Å²) >= 11 is 0. The molecule has 50 valence electrons. The maximum Gasteiger partial charge on any atom is 1.00 e. The summed E-state index contributed by atoms with van der Waals surface area (Å²) in [4.78, 5) is 9.49. The van der Waals surface area contributed by atoms with Gasteiger partial charge in [-0.25, -0.2) is 0 Å². The van der Waals surface area contributed by atoms with Gasteiger partial charge in [-0.2, -0.15) is 5.10 Å². The van der Waals surface area contributed by atoms with Gasteiger partial charge in [0, 0.05) is 7.05 Å². The zero-order chi connectivity index (χ0) is 6.85. The van der Waals surface area contributed by atoms with Crippen molar-refractivity contribution < 1.29 is 25.2 Å². The summed E-state index contributed by atoms with van der Waals surface area (Å²) in [5, 5.41) is 13.6. The Hall–Kier alpha value is -0.793. The molecule has 0 saturated heterocycles. The second-order valence-electron chi connectivity index (χ2n) is 1.63. The molecule has 10 heavy (non-hydrogen) atoms. The van der Waals surface area contributed by atoms with Gasteiger partial charge in [-0.3, -0.25) is 14.8 Å². The van der Waals surface area contributed by atoms with E-state index >= 15 is 0 Å². The number of hydrogen-bond donors (Lipinski definition) is 0. The number of aromatic nitrogens is 2. The van der Waals surface area contributed by atoms with Crippen molar-refractivity contribution in [3.8, 4) is 0 Å². The third-order valence-corrected chi connectivity index (χ3v) is 0.902. The summed E-state index contributed by atoms with van der Waals surface area (Å²) in [6.07, 6.45) is 2.56. The van der Waals surface area contributed by atoms with Crippen molar-refractivity contribution in [1.29, 1.82) is 0 Å². The molecule has 1 aromatic rings. The van der Waals surface area contributed by atoms with Crippen LogP contribution in [0.3, 0.4) is 0 Å². The van der Waals surface area contributed by atoms with Crippen LogP contribution in [0, 0.1) is 10.1 Å². The topological polar surface area (TPSA) is 61.0 Å². The number of rotatable bonds is 1. The van der Waals surface area contributed by atoms with Crippen LogP contribution in [0.1, 0.15) is 1.43 Å². The first-order valence-electron chi connectivity index (χ1n) is 2.33. The second kappa shape index (κ2) is 3.39. The van der Waals surface area contributed by atoms with Crippen molar-refractivity contribution in [3.63, 3.8) is 0 Å². The average Bonchev–Trinajstić information content (AvgIpc) is 2.14. The van der Waals surface area contributed by atoms with E-state index in [2.05, 4.69) is 5.10 Å². The Balaban J connectivity index is 0. The molecule has 1 aromatic heterocycles. The standard InChI is InChI=1S/C4H5N3O2.Li.H/c1-6-3-4(2-5-6)7(8)9;;/h2-3H,1H3;;/q;+1;-1. The van der Waals surface area contributed by atoms with Gasteiger partial charge in [0.2, 0.25) is 0 Å². The minimum Gasteiger partial charge on any atom is -1.00 e. The zero-order valence-corrected chi connectivity index (χ0v) is 5.81. The van der Waals surface area contributed by atoms with Gasteiger partial charge >= 0.3 is 24.5 Å². The molecule has 0 spiro atoms. The van der Waals surface area contributed by atoms with Crippen LogP contribution in [-0.2, 0) is 7.05 Å². The fourth-order valence-electron chi connectivity index (χ4n) is 0.503. The molecule has 5 nitrogen and oxygen atoms in total. The minimum atomic E-state index is -0.479. The molecule has 1 rings (SSSR count). The molecule has 0 fully saturated rings. The zero-order valence-electron chi connectivity index (χ0n) is 6.81. The van der Waals surface area contributed by atoms with Crippen molar-refractivity contribution in [2.75, 3.05) is 0 Å². The Morgan fingerprint density at radius 1 is 1.90 bits per heavy atom. The van der Waals surface area contributed by atoms with Crippen molar-refractivity contribution in [1.82, 2.24) is 9.78 Å². The van der Waals surface area contributed by atoms with Crippen LogP contribution >= 0.6 is 0 Å². The summed E-state index contributed by atoms with van der Waals surface area (Å²) in [6, 6.07) is 0. The summed E-state index contributed by atoms with van der Waals surface area (Å²) in [5.74, 6) is 0. The number of aryl methyl sites for hydroxylation is 1. The first-order chi connectivity index (χ1) is 4.20. The van der Waals surface area contributed by atoms with Crippen LogP contribution in [0.25, 0.3) is 0 Å². The molecule has 0 atom stereocenters. The molecule has 0 unspecified atom stereocenters. The van der Waals surface area contributed by atoms with Crippen LogP contribution in [0.5, 0.6) is 0 Å². The third kappa shape index (κ3) is 1.86. The predicted octanol–water partition coefficient (Wildman–Crippen LogP) is -2.56. The molecule has 0 aliphatic carbocycles. The Bertz CT molecular complexity index is 239. The largest absolute Gasteiger partial charge is 1.00 e. The first-order valence-corrected chi connectivity index (χ1v) is 2.33. The molecule has 1 heterocycles. The molecule has 0 N–H and O–H groups in total. The fourth-order valence-corrected chi connectivity index (χ4v) is 0.503. The minimum absolute atomic E-state index is 0. The van der Waals surface area contributed by atoms with Crippen molar-refractivity contribution in [3.05, 3.63) is 22.5 Å². The van der Waals surface area contributed by atoms with E-state index < -0.39 is 4.92 Å². The Morgan fingerprint density at radius 3 is 2.70 bits per heavy atom. The Morgan fingerprint density at radius 2 is 2.50 bits per heavy atom. The fraction of sp³-hybridized carbons (Fsp3) is 0.250. The summed E-state index contributed by atoms with van der Waals surface area (Å²) in [7, 11) is 1.63. The van der Waals surface area contributed by atoms with Crippen molar-refractivity contribution >= 4 is 5.69 Å². The molecule has 0 saturated carbocycles. The molecule has 0 bridgehead atoms. The molecule has 6 heteroatoms. The van der Waals surface area contributed by atoms with Crippen LogP contribution in [-0.4, -0.2) is 14.7 Å². The second-order valence-corrected chi connectivity index (χ2v) is 1.63. The van der Waals surface area contributed by atoms with Crippen LogP contribution in [0.4, 0.5) is 5.69 Å². The first kappa shape index (κ1) is 9.21. The molecule has 0 aliphatic heterocycles. The van der Waals surface area contributed by atoms with E-state index in [0.717, 1.165) is 0 Å². The Labute approximate surface area is 70.8 Å². The van der Waals surface area contributed by atoms with Gasteiger partial charge in [-0.1, -0.05) is 0 Å². The summed E-state index contributed by atoms with van der Waals surface area (Å²) in [6.45, 7) is 0. The van der Waals surface area contributed by atoms with Gasteiger partial charge in [0.25, 0.3) is 0 Å². The molecular formula is C4H6LiN3O2. The predicted molar refractivity (Wildman–Crippen MR) is 31.0 cm³/mol. The number of nitrogens with zero attached hydrogens (tertiary/aromatic N) is 3. The van der Waals surface area contributed by atoms with Crippen LogP contribution in [0.15, 0.2) is 12.4 Å². The van der Waals surface area contributed by atoms with E-state index in [9.17, 15) is 10.1 Å². The van der Waals surface area contributed by atoms with Gasteiger partial charge in [-0.05, 0) is 0 Å². The van der Waals surface area contributed by atoms with Crippen molar-refractivity contribution in [2.45, 2.75) is 0 Å². The van der Waals surface area contributed by atoms with E-state index in [1.807, 2.05) is 0 Å². The van der Waals surface area contributed by atoms with E-state index in [4.69, 9.17) is 0 Å². The molecule has 0 aromatic carbocycles.